The predicted octanol–water partition coefficient (Wildman–Crippen LogP) is 2.84. The summed E-state index contributed by atoms with van der Waals surface area (Å²) >= 11 is 0. The quantitative estimate of drug-likeness (QED) is 0.867. The van der Waals surface area contributed by atoms with E-state index in [1.54, 1.807) is 7.11 Å². The molecule has 1 atom stereocenters. The second kappa shape index (κ2) is 8.83. The lowest BCUT2D eigenvalue weighted by Gasteiger charge is -2.37. The average Bonchev–Trinajstić information content (AvgIpc) is 2.69. The van der Waals surface area contributed by atoms with E-state index >= 15 is 0 Å². The number of anilines is 1. The number of nitrogens with one attached hydrogen (secondary N) is 1. The molecule has 3 rings (SSSR count). The molecule has 5 nitrogen and oxygen atoms in total. The molecule has 1 fully saturated rings. The smallest absolute Gasteiger partial charge is 0.241 e. The van der Waals surface area contributed by atoms with Crippen LogP contribution < -0.4 is 10.1 Å². The molecule has 2 aromatic carbocycles. The molecule has 1 aliphatic heterocycles. The maximum absolute atomic E-state index is 12.5. The van der Waals surface area contributed by atoms with Crippen molar-refractivity contribution in [1.29, 1.82) is 0 Å². The van der Waals surface area contributed by atoms with Crippen molar-refractivity contribution in [1.82, 2.24) is 9.80 Å². The summed E-state index contributed by atoms with van der Waals surface area (Å²) in [5, 5.41) is 2.99. The van der Waals surface area contributed by atoms with Gasteiger partial charge in [0.25, 0.3) is 0 Å². The molecule has 26 heavy (non-hydrogen) atoms. The van der Waals surface area contributed by atoms with Crippen LogP contribution in [-0.4, -0.2) is 55.0 Å². The van der Waals surface area contributed by atoms with E-state index in [9.17, 15) is 4.79 Å². The van der Waals surface area contributed by atoms with Gasteiger partial charge in [-0.3, -0.25) is 14.6 Å². The molecule has 1 N–H and O–H groups in total. The van der Waals surface area contributed by atoms with Crippen LogP contribution in [0.15, 0.2) is 54.6 Å². The van der Waals surface area contributed by atoms with Crippen molar-refractivity contribution in [3.05, 3.63) is 60.2 Å². The van der Waals surface area contributed by atoms with Gasteiger partial charge < -0.3 is 10.1 Å². The fourth-order valence-corrected chi connectivity index (χ4v) is 3.24. The topological polar surface area (TPSA) is 44.8 Å². The van der Waals surface area contributed by atoms with Crippen LogP contribution in [0.5, 0.6) is 5.75 Å². The summed E-state index contributed by atoms with van der Waals surface area (Å²) in [6.07, 6.45) is 0. The Hall–Kier alpha value is -2.37. The Morgan fingerprint density at radius 2 is 1.69 bits per heavy atom. The number of hydrogen-bond acceptors (Lipinski definition) is 4. The van der Waals surface area contributed by atoms with Crippen molar-refractivity contribution in [3.8, 4) is 5.75 Å². The lowest BCUT2D eigenvalue weighted by molar-refractivity contribution is -0.121. The third-order valence-corrected chi connectivity index (χ3v) is 4.94. The minimum atomic E-state index is -0.143. The Bertz CT molecular complexity index is 695. The van der Waals surface area contributed by atoms with E-state index in [0.717, 1.165) is 44.2 Å². The molecule has 0 unspecified atom stereocenters. The average molecular weight is 353 g/mol. The molecular weight excluding hydrogens is 326 g/mol. The number of carbonyl (C=O) groups excluding carboxylic acids is 1. The first-order chi connectivity index (χ1) is 12.7. The number of amides is 1. The second-order valence-electron chi connectivity index (χ2n) is 6.69. The van der Waals surface area contributed by atoms with E-state index < -0.39 is 0 Å². The van der Waals surface area contributed by atoms with E-state index in [1.165, 1.54) is 5.56 Å². The fourth-order valence-electron chi connectivity index (χ4n) is 3.24. The molecule has 1 amide bonds. The number of nitrogens with zero attached hydrogens (tertiary/aromatic N) is 2. The van der Waals surface area contributed by atoms with Gasteiger partial charge in [0.05, 0.1) is 13.2 Å². The molecule has 5 heteroatoms. The molecule has 0 aliphatic carbocycles. The molecule has 0 aromatic heterocycles. The van der Waals surface area contributed by atoms with Crippen LogP contribution in [-0.2, 0) is 11.3 Å². The van der Waals surface area contributed by atoms with Gasteiger partial charge in [-0.05, 0) is 36.8 Å². The molecule has 0 saturated carbocycles. The first-order valence-electron chi connectivity index (χ1n) is 9.11. The normalized spacial score (nSPS) is 16.8. The minimum absolute atomic E-state index is 0.0340. The molecule has 2 aromatic rings. The van der Waals surface area contributed by atoms with Gasteiger partial charge in [-0.15, -0.1) is 0 Å². The van der Waals surface area contributed by atoms with Gasteiger partial charge in [-0.25, -0.2) is 0 Å². The zero-order valence-corrected chi connectivity index (χ0v) is 15.5. The Morgan fingerprint density at radius 3 is 2.31 bits per heavy atom. The highest BCUT2D eigenvalue weighted by Gasteiger charge is 2.25. The van der Waals surface area contributed by atoms with Crippen molar-refractivity contribution >= 4 is 11.6 Å². The van der Waals surface area contributed by atoms with Crippen molar-refractivity contribution in [2.75, 3.05) is 38.6 Å². The molecule has 1 heterocycles. The zero-order valence-electron chi connectivity index (χ0n) is 15.5. The van der Waals surface area contributed by atoms with Gasteiger partial charge in [0.2, 0.25) is 5.91 Å². The number of benzene rings is 2. The summed E-state index contributed by atoms with van der Waals surface area (Å²) in [5.74, 6) is 0.817. The molecule has 0 radical (unpaired) electrons. The van der Waals surface area contributed by atoms with Gasteiger partial charge in [-0.1, -0.05) is 30.3 Å². The number of rotatable bonds is 6. The molecule has 0 spiro atoms. The summed E-state index contributed by atoms with van der Waals surface area (Å²) in [6.45, 7) is 6.73. The van der Waals surface area contributed by atoms with E-state index in [0.29, 0.717) is 0 Å². The van der Waals surface area contributed by atoms with Gasteiger partial charge in [0, 0.05) is 38.4 Å². The Balaban J connectivity index is 1.47. The highest BCUT2D eigenvalue weighted by molar-refractivity contribution is 5.94. The summed E-state index contributed by atoms with van der Waals surface area (Å²) in [6, 6.07) is 17.8. The van der Waals surface area contributed by atoms with Crippen LogP contribution in [0, 0.1) is 0 Å². The van der Waals surface area contributed by atoms with Crippen LogP contribution in [0.3, 0.4) is 0 Å². The standard InChI is InChI=1S/C21H27N3O2/c1-17(21(25)22-19-8-10-20(26-2)11-9-19)24-14-12-23(13-15-24)16-18-6-4-3-5-7-18/h3-11,17H,12-16H2,1-2H3,(H,22,25)/t17-/m0/s1. The van der Waals surface area contributed by atoms with Crippen molar-refractivity contribution < 1.29 is 9.53 Å². The third kappa shape index (κ3) is 4.84. The van der Waals surface area contributed by atoms with E-state index in [-0.39, 0.29) is 11.9 Å². The minimum Gasteiger partial charge on any atom is -0.497 e. The van der Waals surface area contributed by atoms with Crippen LogP contribution in [0.1, 0.15) is 12.5 Å². The van der Waals surface area contributed by atoms with Gasteiger partial charge in [-0.2, -0.15) is 0 Å². The lowest BCUT2D eigenvalue weighted by Crippen LogP contribution is -2.52. The highest BCUT2D eigenvalue weighted by Crippen LogP contribution is 2.16. The molecule has 0 bridgehead atoms. The number of ether oxygens (including phenoxy) is 1. The number of carbonyl (C=O) groups is 1. The first kappa shape index (κ1) is 18.4. The summed E-state index contributed by atoms with van der Waals surface area (Å²) in [4.78, 5) is 17.2. The third-order valence-electron chi connectivity index (χ3n) is 4.94. The predicted molar refractivity (Wildman–Crippen MR) is 104 cm³/mol. The SMILES string of the molecule is COc1ccc(NC(=O)[C@H](C)N2CCN(Cc3ccccc3)CC2)cc1. The van der Waals surface area contributed by atoms with Gasteiger partial charge in [0.1, 0.15) is 5.75 Å². The summed E-state index contributed by atoms with van der Waals surface area (Å²) < 4.78 is 5.14. The second-order valence-corrected chi connectivity index (χ2v) is 6.69. The molecule has 1 aliphatic rings. The molecule has 138 valence electrons. The van der Waals surface area contributed by atoms with E-state index in [2.05, 4.69) is 39.4 Å². The van der Waals surface area contributed by atoms with Crippen LogP contribution in [0.25, 0.3) is 0 Å². The largest absolute Gasteiger partial charge is 0.497 e. The van der Waals surface area contributed by atoms with Crippen molar-refractivity contribution in [2.24, 2.45) is 0 Å². The van der Waals surface area contributed by atoms with Gasteiger partial charge >= 0.3 is 0 Å². The fraction of sp³-hybridized carbons (Fsp3) is 0.381. The summed E-state index contributed by atoms with van der Waals surface area (Å²) in [7, 11) is 1.63. The monoisotopic (exact) mass is 353 g/mol. The maximum atomic E-state index is 12.5. The number of hydrogen-bond donors (Lipinski definition) is 1. The molecule has 1 saturated heterocycles. The first-order valence-corrected chi connectivity index (χ1v) is 9.11. The Labute approximate surface area is 155 Å². The molecular formula is C21H27N3O2. The number of piperazine rings is 1. The number of methoxy groups -OCH3 is 1. The van der Waals surface area contributed by atoms with Crippen LogP contribution >= 0.6 is 0 Å². The van der Waals surface area contributed by atoms with Crippen LogP contribution in [0.2, 0.25) is 0 Å². The maximum Gasteiger partial charge on any atom is 0.241 e. The van der Waals surface area contributed by atoms with Crippen molar-refractivity contribution in [2.45, 2.75) is 19.5 Å². The summed E-state index contributed by atoms with van der Waals surface area (Å²) in [5.41, 5.74) is 2.14. The van der Waals surface area contributed by atoms with Gasteiger partial charge in [0.15, 0.2) is 0 Å². The zero-order chi connectivity index (χ0) is 18.4. The van der Waals surface area contributed by atoms with Crippen molar-refractivity contribution in [3.63, 3.8) is 0 Å². The van der Waals surface area contributed by atoms with E-state index in [4.69, 9.17) is 4.74 Å². The Morgan fingerprint density at radius 1 is 1.04 bits per heavy atom. The Kier molecular flexibility index (Phi) is 6.26. The lowest BCUT2D eigenvalue weighted by atomic mass is 10.1. The van der Waals surface area contributed by atoms with E-state index in [1.807, 2.05) is 37.3 Å². The highest BCUT2D eigenvalue weighted by atomic mass is 16.5. The van der Waals surface area contributed by atoms with Crippen LogP contribution in [0.4, 0.5) is 5.69 Å².